The minimum atomic E-state index is -0.729. The molecule has 0 saturated heterocycles. The van der Waals surface area contributed by atoms with E-state index in [1.54, 1.807) is 0 Å². The van der Waals surface area contributed by atoms with Crippen LogP contribution >= 0.6 is 0 Å². The zero-order valence-electron chi connectivity index (χ0n) is 7.73. The monoisotopic (exact) mass is 178 g/mol. The minimum absolute atomic E-state index is 0.341. The third-order valence-corrected chi connectivity index (χ3v) is 2.08. The van der Waals surface area contributed by atoms with Crippen molar-refractivity contribution in [1.29, 1.82) is 0 Å². The Morgan fingerprint density at radius 2 is 2.00 bits per heavy atom. The first kappa shape index (κ1) is 9.78. The predicted molar refractivity (Wildman–Crippen MR) is 51.7 cm³/mol. The summed E-state index contributed by atoms with van der Waals surface area (Å²) in [6.07, 6.45) is 1.60. The van der Waals surface area contributed by atoms with Crippen LogP contribution in [-0.4, -0.2) is 11.1 Å². The van der Waals surface area contributed by atoms with E-state index in [1.807, 2.05) is 37.3 Å². The van der Waals surface area contributed by atoms with Gasteiger partial charge in [-0.3, -0.25) is 4.79 Å². The Bertz CT molecular complexity index is 267. The van der Waals surface area contributed by atoms with Crippen molar-refractivity contribution in [1.82, 2.24) is 0 Å². The van der Waals surface area contributed by atoms with E-state index in [0.717, 1.165) is 12.0 Å². The molecule has 1 N–H and O–H groups in total. The Morgan fingerprint density at radius 1 is 1.38 bits per heavy atom. The molecular weight excluding hydrogens is 164 g/mol. The van der Waals surface area contributed by atoms with Crippen LogP contribution in [0.25, 0.3) is 0 Å². The van der Waals surface area contributed by atoms with Crippen molar-refractivity contribution in [2.24, 2.45) is 0 Å². The van der Waals surface area contributed by atoms with Crippen molar-refractivity contribution in [3.63, 3.8) is 0 Å². The molecule has 0 aromatic heterocycles. The van der Waals surface area contributed by atoms with Crippen LogP contribution in [-0.2, 0) is 4.79 Å². The van der Waals surface area contributed by atoms with Crippen LogP contribution in [0.2, 0.25) is 0 Å². The molecule has 0 aliphatic carbocycles. The Labute approximate surface area is 78.2 Å². The van der Waals surface area contributed by atoms with Crippen molar-refractivity contribution in [2.75, 3.05) is 0 Å². The quantitative estimate of drug-likeness (QED) is 0.769. The van der Waals surface area contributed by atoms with E-state index in [1.165, 1.54) is 0 Å². The molecule has 0 aliphatic rings. The van der Waals surface area contributed by atoms with E-state index in [-0.39, 0.29) is 5.92 Å². The van der Waals surface area contributed by atoms with Gasteiger partial charge < -0.3 is 5.11 Å². The lowest BCUT2D eigenvalue weighted by atomic mass is 9.95. The first-order chi connectivity index (χ1) is 6.25. The highest BCUT2D eigenvalue weighted by Gasteiger charge is 2.17. The van der Waals surface area contributed by atoms with Crippen LogP contribution in [0.15, 0.2) is 30.3 Å². The molecule has 0 saturated carbocycles. The minimum Gasteiger partial charge on any atom is -0.481 e. The normalized spacial score (nSPS) is 12.4. The van der Waals surface area contributed by atoms with Gasteiger partial charge in [-0.25, -0.2) is 0 Å². The summed E-state index contributed by atoms with van der Waals surface area (Å²) in [5.74, 6) is -1.07. The standard InChI is InChI=1S/C11H14O2/c1-2-6-10(11(12)13)9-7-4-3-5-8-9/h3-5,7-8,10H,2,6H2,1H3,(H,12,13). The summed E-state index contributed by atoms with van der Waals surface area (Å²) in [6.45, 7) is 2.00. The van der Waals surface area contributed by atoms with E-state index in [0.29, 0.717) is 6.42 Å². The van der Waals surface area contributed by atoms with Gasteiger partial charge in [0.25, 0.3) is 0 Å². The molecular formula is C11H14O2. The summed E-state index contributed by atoms with van der Waals surface area (Å²) in [4.78, 5) is 10.9. The highest BCUT2D eigenvalue weighted by Crippen LogP contribution is 2.20. The number of hydrogen-bond donors (Lipinski definition) is 1. The maximum atomic E-state index is 10.9. The van der Waals surface area contributed by atoms with Crippen molar-refractivity contribution in [3.05, 3.63) is 35.9 Å². The van der Waals surface area contributed by atoms with Gasteiger partial charge in [-0.2, -0.15) is 0 Å². The molecule has 1 atom stereocenters. The van der Waals surface area contributed by atoms with Gasteiger partial charge in [-0.15, -0.1) is 0 Å². The molecule has 1 aromatic carbocycles. The molecule has 0 amide bonds. The van der Waals surface area contributed by atoms with Crippen LogP contribution in [0.1, 0.15) is 31.2 Å². The summed E-state index contributed by atoms with van der Waals surface area (Å²) in [5.41, 5.74) is 0.900. The topological polar surface area (TPSA) is 37.3 Å². The van der Waals surface area contributed by atoms with Gasteiger partial charge in [0.1, 0.15) is 0 Å². The Kier molecular flexibility index (Phi) is 3.50. The second-order valence-electron chi connectivity index (χ2n) is 3.09. The Morgan fingerprint density at radius 3 is 2.46 bits per heavy atom. The Hall–Kier alpha value is -1.31. The number of carboxylic acid groups (broad SMARTS) is 1. The summed E-state index contributed by atoms with van der Waals surface area (Å²) >= 11 is 0. The van der Waals surface area contributed by atoms with Gasteiger partial charge in [0.05, 0.1) is 5.92 Å². The fourth-order valence-electron chi connectivity index (χ4n) is 1.41. The zero-order chi connectivity index (χ0) is 9.68. The average molecular weight is 178 g/mol. The van der Waals surface area contributed by atoms with Gasteiger partial charge in [0, 0.05) is 0 Å². The van der Waals surface area contributed by atoms with Crippen LogP contribution in [0.5, 0.6) is 0 Å². The maximum Gasteiger partial charge on any atom is 0.310 e. The molecule has 70 valence electrons. The van der Waals surface area contributed by atoms with Crippen molar-refractivity contribution in [3.8, 4) is 0 Å². The number of carboxylic acids is 1. The molecule has 0 radical (unpaired) electrons. The largest absolute Gasteiger partial charge is 0.481 e. The van der Waals surface area contributed by atoms with E-state index in [4.69, 9.17) is 5.11 Å². The van der Waals surface area contributed by atoms with E-state index in [9.17, 15) is 4.79 Å². The maximum absolute atomic E-state index is 10.9. The predicted octanol–water partition coefficient (Wildman–Crippen LogP) is 2.65. The molecule has 0 bridgehead atoms. The van der Waals surface area contributed by atoms with Gasteiger partial charge in [-0.1, -0.05) is 43.7 Å². The molecule has 1 rings (SSSR count). The SMILES string of the molecule is CCCC(C(=O)O)c1ccccc1. The first-order valence-corrected chi connectivity index (χ1v) is 4.53. The molecule has 0 fully saturated rings. The molecule has 0 heterocycles. The summed E-state index contributed by atoms with van der Waals surface area (Å²) in [6, 6.07) is 9.39. The second kappa shape index (κ2) is 4.65. The molecule has 0 spiro atoms. The smallest absolute Gasteiger partial charge is 0.310 e. The van der Waals surface area contributed by atoms with Crippen LogP contribution in [0, 0.1) is 0 Å². The van der Waals surface area contributed by atoms with E-state index >= 15 is 0 Å². The van der Waals surface area contributed by atoms with Crippen molar-refractivity contribution >= 4 is 5.97 Å². The molecule has 1 unspecified atom stereocenters. The summed E-state index contributed by atoms with van der Waals surface area (Å²) in [7, 11) is 0. The molecule has 2 nitrogen and oxygen atoms in total. The fraction of sp³-hybridized carbons (Fsp3) is 0.364. The molecule has 2 heteroatoms. The van der Waals surface area contributed by atoms with E-state index in [2.05, 4.69) is 0 Å². The average Bonchev–Trinajstić information content (AvgIpc) is 2.15. The van der Waals surface area contributed by atoms with Crippen LogP contribution in [0.4, 0.5) is 0 Å². The number of hydrogen-bond acceptors (Lipinski definition) is 1. The van der Waals surface area contributed by atoms with Crippen LogP contribution in [0.3, 0.4) is 0 Å². The van der Waals surface area contributed by atoms with E-state index < -0.39 is 5.97 Å². The highest BCUT2D eigenvalue weighted by atomic mass is 16.4. The lowest BCUT2D eigenvalue weighted by molar-refractivity contribution is -0.139. The van der Waals surface area contributed by atoms with Crippen molar-refractivity contribution in [2.45, 2.75) is 25.7 Å². The first-order valence-electron chi connectivity index (χ1n) is 4.53. The van der Waals surface area contributed by atoms with Gasteiger partial charge in [0.2, 0.25) is 0 Å². The lowest BCUT2D eigenvalue weighted by Crippen LogP contribution is -2.10. The second-order valence-corrected chi connectivity index (χ2v) is 3.09. The number of aliphatic carboxylic acids is 1. The number of benzene rings is 1. The van der Waals surface area contributed by atoms with Crippen molar-refractivity contribution < 1.29 is 9.90 Å². The number of rotatable bonds is 4. The molecule has 0 aliphatic heterocycles. The summed E-state index contributed by atoms with van der Waals surface area (Å²) in [5, 5.41) is 8.96. The summed E-state index contributed by atoms with van der Waals surface area (Å²) < 4.78 is 0. The number of carbonyl (C=O) groups is 1. The molecule has 13 heavy (non-hydrogen) atoms. The van der Waals surface area contributed by atoms with Crippen LogP contribution < -0.4 is 0 Å². The highest BCUT2D eigenvalue weighted by molar-refractivity contribution is 5.75. The van der Waals surface area contributed by atoms with Gasteiger partial charge in [-0.05, 0) is 12.0 Å². The molecule has 1 aromatic rings. The van der Waals surface area contributed by atoms with Gasteiger partial charge >= 0.3 is 5.97 Å². The third-order valence-electron chi connectivity index (χ3n) is 2.08. The lowest BCUT2D eigenvalue weighted by Gasteiger charge is -2.10. The fourth-order valence-corrected chi connectivity index (χ4v) is 1.41. The Balaban J connectivity index is 2.82. The zero-order valence-corrected chi connectivity index (χ0v) is 7.73. The third kappa shape index (κ3) is 2.58. The van der Waals surface area contributed by atoms with Gasteiger partial charge in [0.15, 0.2) is 0 Å².